The van der Waals surface area contributed by atoms with Crippen molar-refractivity contribution >= 4 is 11.9 Å². The van der Waals surface area contributed by atoms with Gasteiger partial charge in [0.15, 0.2) is 6.04 Å². The quantitative estimate of drug-likeness (QED) is 0.719. The van der Waals surface area contributed by atoms with Crippen LogP contribution >= 0.6 is 0 Å². The Kier molecular flexibility index (Phi) is 4.49. The van der Waals surface area contributed by atoms with Crippen molar-refractivity contribution in [2.75, 3.05) is 19.8 Å². The molecule has 1 unspecified atom stereocenters. The van der Waals surface area contributed by atoms with Crippen molar-refractivity contribution < 1.29 is 19.4 Å². The Bertz CT molecular complexity index is 311. The van der Waals surface area contributed by atoms with E-state index in [4.69, 9.17) is 9.84 Å². The molecule has 1 saturated heterocycles. The second kappa shape index (κ2) is 5.65. The van der Waals surface area contributed by atoms with Crippen molar-refractivity contribution in [2.45, 2.75) is 26.3 Å². The fourth-order valence-corrected chi connectivity index (χ4v) is 1.47. The van der Waals surface area contributed by atoms with Crippen molar-refractivity contribution in [3.05, 3.63) is 11.6 Å². The number of allylic oxidation sites excluding steroid dienone is 1. The van der Waals surface area contributed by atoms with Crippen LogP contribution < -0.4 is 0 Å². The number of nitrogens with zero attached hydrogens (tertiary/aromatic N) is 1. The van der Waals surface area contributed by atoms with Crippen molar-refractivity contribution in [2.24, 2.45) is 0 Å². The molecule has 0 aromatic rings. The molecule has 0 radical (unpaired) electrons. The topological polar surface area (TPSA) is 66.8 Å². The third-order valence-corrected chi connectivity index (χ3v) is 2.62. The zero-order chi connectivity index (χ0) is 12.1. The number of carbonyl (C=O) groups excluding carboxylic acids is 1. The fraction of sp³-hybridized carbons (Fsp3) is 0.636. The van der Waals surface area contributed by atoms with Crippen molar-refractivity contribution in [3.63, 3.8) is 0 Å². The van der Waals surface area contributed by atoms with Gasteiger partial charge in [-0.3, -0.25) is 4.79 Å². The van der Waals surface area contributed by atoms with E-state index in [-0.39, 0.29) is 12.5 Å². The first-order valence-corrected chi connectivity index (χ1v) is 5.34. The molecular formula is C11H17NO4. The fourth-order valence-electron chi connectivity index (χ4n) is 1.47. The van der Waals surface area contributed by atoms with Crippen LogP contribution in [0.1, 0.15) is 20.3 Å². The molecule has 5 heteroatoms. The number of amides is 1. The average molecular weight is 227 g/mol. The second-order valence-corrected chi connectivity index (χ2v) is 3.80. The monoisotopic (exact) mass is 227 g/mol. The van der Waals surface area contributed by atoms with Gasteiger partial charge in [-0.1, -0.05) is 12.5 Å². The van der Waals surface area contributed by atoms with E-state index in [9.17, 15) is 9.59 Å². The van der Waals surface area contributed by atoms with Crippen LogP contribution in [-0.4, -0.2) is 47.7 Å². The molecule has 1 heterocycles. The predicted molar refractivity (Wildman–Crippen MR) is 58.0 cm³/mol. The Morgan fingerprint density at radius 1 is 1.56 bits per heavy atom. The number of ether oxygens (including phenoxy) is 1. The normalized spacial score (nSPS) is 22.0. The van der Waals surface area contributed by atoms with E-state index in [2.05, 4.69) is 0 Å². The number of carboxylic acid groups (broad SMARTS) is 1. The zero-order valence-corrected chi connectivity index (χ0v) is 9.60. The first-order valence-electron chi connectivity index (χ1n) is 5.34. The number of rotatable bonds is 3. The summed E-state index contributed by atoms with van der Waals surface area (Å²) in [4.78, 5) is 24.1. The van der Waals surface area contributed by atoms with E-state index in [1.165, 1.54) is 11.0 Å². The number of morpholine rings is 1. The number of hydrogen-bond donors (Lipinski definition) is 1. The van der Waals surface area contributed by atoms with E-state index in [1.54, 1.807) is 0 Å². The predicted octanol–water partition coefficient (Wildman–Crippen LogP) is 0.655. The van der Waals surface area contributed by atoms with Gasteiger partial charge in [-0.15, -0.1) is 0 Å². The van der Waals surface area contributed by atoms with Gasteiger partial charge in [0.25, 0.3) is 0 Å². The maximum atomic E-state index is 11.8. The molecule has 1 rings (SSSR count). The molecule has 90 valence electrons. The smallest absolute Gasteiger partial charge is 0.328 e. The van der Waals surface area contributed by atoms with Crippen LogP contribution in [-0.2, 0) is 14.3 Å². The highest BCUT2D eigenvalue weighted by molar-refractivity contribution is 5.91. The maximum Gasteiger partial charge on any atom is 0.328 e. The lowest BCUT2D eigenvalue weighted by atomic mass is 10.2. The highest BCUT2D eigenvalue weighted by Crippen LogP contribution is 2.10. The second-order valence-electron chi connectivity index (χ2n) is 3.80. The third kappa shape index (κ3) is 3.06. The van der Waals surface area contributed by atoms with Gasteiger partial charge in [0, 0.05) is 12.6 Å². The van der Waals surface area contributed by atoms with Gasteiger partial charge in [0.1, 0.15) is 0 Å². The SMILES string of the molecule is CC/C(C)=C/C(=O)N1CCOCC1C(=O)O. The van der Waals surface area contributed by atoms with E-state index in [0.717, 1.165) is 12.0 Å². The molecule has 1 aliphatic heterocycles. The molecule has 1 amide bonds. The molecule has 0 aromatic carbocycles. The standard InChI is InChI=1S/C11H17NO4/c1-3-8(2)6-10(13)12-4-5-16-7-9(12)11(14)15/h6,9H,3-5,7H2,1-2H3,(H,14,15)/b8-6+. The number of carbonyl (C=O) groups is 2. The van der Waals surface area contributed by atoms with Crippen LogP contribution in [0, 0.1) is 0 Å². The summed E-state index contributed by atoms with van der Waals surface area (Å²) in [6.45, 7) is 4.61. The van der Waals surface area contributed by atoms with Gasteiger partial charge in [-0.25, -0.2) is 4.79 Å². The third-order valence-electron chi connectivity index (χ3n) is 2.62. The minimum Gasteiger partial charge on any atom is -0.480 e. The molecule has 0 saturated carbocycles. The molecule has 1 fully saturated rings. The molecule has 16 heavy (non-hydrogen) atoms. The van der Waals surface area contributed by atoms with Gasteiger partial charge >= 0.3 is 5.97 Å². The Balaban J connectivity index is 2.75. The van der Waals surface area contributed by atoms with Gasteiger partial charge < -0.3 is 14.7 Å². The largest absolute Gasteiger partial charge is 0.480 e. The molecule has 0 aromatic heterocycles. The van der Waals surface area contributed by atoms with Gasteiger partial charge in [-0.05, 0) is 13.3 Å². The van der Waals surface area contributed by atoms with Crippen molar-refractivity contribution in [1.29, 1.82) is 0 Å². The lowest BCUT2D eigenvalue weighted by Gasteiger charge is -2.32. The minimum atomic E-state index is -1.02. The number of hydrogen-bond acceptors (Lipinski definition) is 3. The molecular weight excluding hydrogens is 210 g/mol. The summed E-state index contributed by atoms with van der Waals surface area (Å²) in [5, 5.41) is 8.95. The summed E-state index contributed by atoms with van der Waals surface area (Å²) < 4.78 is 5.06. The number of aliphatic carboxylic acids is 1. The Hall–Kier alpha value is -1.36. The molecule has 0 bridgehead atoms. The summed E-state index contributed by atoms with van der Waals surface area (Å²) in [7, 11) is 0. The highest BCUT2D eigenvalue weighted by atomic mass is 16.5. The van der Waals surface area contributed by atoms with E-state index in [0.29, 0.717) is 13.2 Å². The molecule has 1 aliphatic rings. The molecule has 5 nitrogen and oxygen atoms in total. The van der Waals surface area contributed by atoms with Crippen LogP contribution in [0.4, 0.5) is 0 Å². The molecule has 1 N–H and O–H groups in total. The van der Waals surface area contributed by atoms with Crippen molar-refractivity contribution in [1.82, 2.24) is 4.90 Å². The lowest BCUT2D eigenvalue weighted by molar-refractivity contribution is -0.156. The van der Waals surface area contributed by atoms with Crippen LogP contribution in [0.3, 0.4) is 0 Å². The van der Waals surface area contributed by atoms with Crippen LogP contribution in [0.25, 0.3) is 0 Å². The molecule has 1 atom stereocenters. The Labute approximate surface area is 94.7 Å². The molecule has 0 aliphatic carbocycles. The van der Waals surface area contributed by atoms with E-state index < -0.39 is 12.0 Å². The highest BCUT2D eigenvalue weighted by Gasteiger charge is 2.31. The first-order chi connectivity index (χ1) is 7.56. The molecule has 0 spiro atoms. The van der Waals surface area contributed by atoms with Crippen molar-refractivity contribution in [3.8, 4) is 0 Å². The van der Waals surface area contributed by atoms with Gasteiger partial charge in [0.05, 0.1) is 13.2 Å². The van der Waals surface area contributed by atoms with Gasteiger partial charge in [0.2, 0.25) is 5.91 Å². The Morgan fingerprint density at radius 3 is 2.81 bits per heavy atom. The summed E-state index contributed by atoms with van der Waals surface area (Å²) in [5.74, 6) is -1.26. The van der Waals surface area contributed by atoms with Crippen LogP contribution in [0.2, 0.25) is 0 Å². The van der Waals surface area contributed by atoms with Gasteiger partial charge in [-0.2, -0.15) is 0 Å². The summed E-state index contributed by atoms with van der Waals surface area (Å²) in [6, 6.07) is -0.859. The summed E-state index contributed by atoms with van der Waals surface area (Å²) >= 11 is 0. The van der Waals surface area contributed by atoms with Crippen LogP contribution in [0.15, 0.2) is 11.6 Å². The Morgan fingerprint density at radius 2 is 2.25 bits per heavy atom. The summed E-state index contributed by atoms with van der Waals surface area (Å²) in [5.41, 5.74) is 0.945. The summed E-state index contributed by atoms with van der Waals surface area (Å²) in [6.07, 6.45) is 2.29. The average Bonchev–Trinajstić information content (AvgIpc) is 2.28. The van der Waals surface area contributed by atoms with Crippen LogP contribution in [0.5, 0.6) is 0 Å². The maximum absolute atomic E-state index is 11.8. The van der Waals surface area contributed by atoms with E-state index in [1.807, 2.05) is 13.8 Å². The number of carboxylic acids is 1. The minimum absolute atomic E-state index is 0.0695. The lowest BCUT2D eigenvalue weighted by Crippen LogP contribution is -2.52. The zero-order valence-electron chi connectivity index (χ0n) is 9.60. The first kappa shape index (κ1) is 12.7. The van der Waals surface area contributed by atoms with E-state index >= 15 is 0 Å².